The number of nitrogens with one attached hydrogen (secondary N) is 1. The van der Waals surface area contributed by atoms with Crippen LogP contribution in [-0.4, -0.2) is 35.5 Å². The number of rotatable bonds is 10. The molecule has 0 radical (unpaired) electrons. The molecule has 0 bridgehead atoms. The summed E-state index contributed by atoms with van der Waals surface area (Å²) >= 11 is 1.95. The molecule has 0 aliphatic carbocycles. The van der Waals surface area contributed by atoms with Crippen molar-refractivity contribution >= 4 is 17.4 Å². The van der Waals surface area contributed by atoms with E-state index in [0.717, 1.165) is 30.0 Å². The fraction of sp³-hybridized carbons (Fsp3) is 0.357. The molecule has 0 aromatic heterocycles. The maximum absolute atomic E-state index is 5.71. The number of hydrogen-bond acceptors (Lipinski definition) is 7. The van der Waals surface area contributed by atoms with E-state index >= 15 is 0 Å². The molecule has 6 nitrogen and oxygen atoms in total. The summed E-state index contributed by atoms with van der Waals surface area (Å²) in [7, 11) is 8.29. The zero-order valence-electron chi connectivity index (χ0n) is 20.9. The van der Waals surface area contributed by atoms with Crippen LogP contribution in [0.15, 0.2) is 54.6 Å². The molecule has 1 fully saturated rings. The summed E-state index contributed by atoms with van der Waals surface area (Å²) in [4.78, 5) is 0. The summed E-state index contributed by atoms with van der Waals surface area (Å²) in [5, 5.41) is 4.20. The van der Waals surface area contributed by atoms with Crippen molar-refractivity contribution in [1.82, 2.24) is 0 Å². The van der Waals surface area contributed by atoms with Crippen molar-refractivity contribution in [2.75, 3.05) is 40.9 Å². The molecule has 186 valence electrons. The van der Waals surface area contributed by atoms with Gasteiger partial charge in [-0.1, -0.05) is 30.3 Å². The summed E-state index contributed by atoms with van der Waals surface area (Å²) < 4.78 is 28.0. The van der Waals surface area contributed by atoms with Gasteiger partial charge in [0.2, 0.25) is 5.75 Å². The van der Waals surface area contributed by atoms with Gasteiger partial charge in [-0.3, -0.25) is 0 Å². The van der Waals surface area contributed by atoms with E-state index in [1.807, 2.05) is 30.0 Å². The summed E-state index contributed by atoms with van der Waals surface area (Å²) in [5.74, 6) is 3.44. The van der Waals surface area contributed by atoms with Gasteiger partial charge in [-0.25, -0.2) is 0 Å². The number of thioether (sulfide) groups is 1. The van der Waals surface area contributed by atoms with E-state index < -0.39 is 0 Å². The molecule has 0 spiro atoms. The molecule has 2 atom stereocenters. The SMILES string of the molecule is COc1cc([C@@H]2CC[C@@H](c3cc(OC)c(OC)c(OC)c3)S2)cc(NCc2ccccc2)c1OC. The van der Waals surface area contributed by atoms with Crippen LogP contribution in [0.25, 0.3) is 0 Å². The molecule has 7 heteroatoms. The lowest BCUT2D eigenvalue weighted by Crippen LogP contribution is -2.04. The van der Waals surface area contributed by atoms with Gasteiger partial charge in [0.15, 0.2) is 23.0 Å². The van der Waals surface area contributed by atoms with E-state index in [0.29, 0.717) is 34.3 Å². The molecule has 1 aliphatic rings. The van der Waals surface area contributed by atoms with Crippen LogP contribution < -0.4 is 29.0 Å². The van der Waals surface area contributed by atoms with E-state index in [9.17, 15) is 0 Å². The molecule has 1 aliphatic heterocycles. The van der Waals surface area contributed by atoms with Crippen molar-refractivity contribution in [1.29, 1.82) is 0 Å². The molecule has 1 N–H and O–H groups in total. The van der Waals surface area contributed by atoms with Gasteiger partial charge >= 0.3 is 0 Å². The number of ether oxygens (including phenoxy) is 5. The van der Waals surface area contributed by atoms with Crippen LogP contribution in [-0.2, 0) is 6.54 Å². The normalized spacial score (nSPS) is 17.1. The van der Waals surface area contributed by atoms with Crippen LogP contribution in [0.3, 0.4) is 0 Å². The highest BCUT2D eigenvalue weighted by molar-refractivity contribution is 8.00. The molecule has 0 amide bonds. The minimum atomic E-state index is 0.322. The minimum absolute atomic E-state index is 0.322. The van der Waals surface area contributed by atoms with Gasteiger partial charge in [-0.05, 0) is 53.8 Å². The fourth-order valence-electron chi connectivity index (χ4n) is 4.51. The van der Waals surface area contributed by atoms with Gasteiger partial charge in [0.25, 0.3) is 0 Å². The van der Waals surface area contributed by atoms with Crippen molar-refractivity contribution in [2.24, 2.45) is 0 Å². The standard InChI is InChI=1S/C28H33NO5S/c1-30-22-14-19(13-21(27(22)33-4)29-17-18-9-7-6-8-10-18)25-11-12-26(35-25)20-15-23(31-2)28(34-5)24(16-20)32-3/h6-10,13-16,25-26,29H,11-12,17H2,1-5H3/t25-,26-/m0/s1. The molecule has 3 aromatic rings. The number of hydrogen-bond donors (Lipinski definition) is 1. The van der Waals surface area contributed by atoms with E-state index in [4.69, 9.17) is 23.7 Å². The molecule has 3 aromatic carbocycles. The first kappa shape index (κ1) is 24.9. The van der Waals surface area contributed by atoms with Crippen LogP contribution in [0.5, 0.6) is 28.7 Å². The van der Waals surface area contributed by atoms with Gasteiger partial charge in [-0.2, -0.15) is 0 Å². The Bertz CT molecular complexity index is 1110. The van der Waals surface area contributed by atoms with Crippen LogP contribution in [0, 0.1) is 0 Å². The maximum Gasteiger partial charge on any atom is 0.203 e. The lowest BCUT2D eigenvalue weighted by molar-refractivity contribution is 0.323. The smallest absolute Gasteiger partial charge is 0.203 e. The number of anilines is 1. The highest BCUT2D eigenvalue weighted by Crippen LogP contribution is 2.55. The third-order valence-corrected chi connectivity index (χ3v) is 7.95. The lowest BCUT2D eigenvalue weighted by atomic mass is 10.0. The Morgan fingerprint density at radius 3 is 1.71 bits per heavy atom. The molecular formula is C28H33NO5S. The Labute approximate surface area is 211 Å². The predicted octanol–water partition coefficient (Wildman–Crippen LogP) is 6.65. The minimum Gasteiger partial charge on any atom is -0.493 e. The predicted molar refractivity (Wildman–Crippen MR) is 142 cm³/mol. The monoisotopic (exact) mass is 495 g/mol. The first-order chi connectivity index (χ1) is 17.1. The molecule has 4 rings (SSSR count). The first-order valence-electron chi connectivity index (χ1n) is 11.6. The zero-order chi connectivity index (χ0) is 24.8. The van der Waals surface area contributed by atoms with E-state index in [-0.39, 0.29) is 0 Å². The summed E-state index contributed by atoms with van der Waals surface area (Å²) in [6, 6.07) is 18.7. The van der Waals surface area contributed by atoms with E-state index in [1.54, 1.807) is 35.5 Å². The molecular weight excluding hydrogens is 462 g/mol. The van der Waals surface area contributed by atoms with Crippen LogP contribution in [0.2, 0.25) is 0 Å². The van der Waals surface area contributed by atoms with Gasteiger partial charge in [0.1, 0.15) is 0 Å². The lowest BCUT2D eigenvalue weighted by Gasteiger charge is -2.20. The van der Waals surface area contributed by atoms with Gasteiger partial charge in [0.05, 0.1) is 41.2 Å². The second-order valence-corrected chi connectivity index (χ2v) is 9.70. The molecule has 1 heterocycles. The summed E-state index contributed by atoms with van der Waals surface area (Å²) in [6.07, 6.45) is 2.11. The molecule has 1 saturated heterocycles. The second kappa shape index (κ2) is 11.5. The number of benzene rings is 3. The molecule has 0 unspecified atom stereocenters. The largest absolute Gasteiger partial charge is 0.493 e. The summed E-state index contributed by atoms with van der Waals surface area (Å²) in [6.45, 7) is 0.704. The highest BCUT2D eigenvalue weighted by Gasteiger charge is 2.30. The maximum atomic E-state index is 5.71. The second-order valence-electron chi connectivity index (χ2n) is 8.29. The average molecular weight is 496 g/mol. The fourth-order valence-corrected chi connectivity index (χ4v) is 6.04. The average Bonchev–Trinajstić information content (AvgIpc) is 3.41. The summed E-state index contributed by atoms with van der Waals surface area (Å²) in [5.41, 5.74) is 4.53. The van der Waals surface area contributed by atoms with Crippen molar-refractivity contribution in [3.63, 3.8) is 0 Å². The Balaban J connectivity index is 1.59. The Hall–Kier alpha value is -3.19. The van der Waals surface area contributed by atoms with Gasteiger partial charge in [-0.15, -0.1) is 11.8 Å². The first-order valence-corrected chi connectivity index (χ1v) is 12.5. The Kier molecular flexibility index (Phi) is 8.18. The quantitative estimate of drug-likeness (QED) is 0.338. The third kappa shape index (κ3) is 5.40. The van der Waals surface area contributed by atoms with Crippen molar-refractivity contribution in [3.05, 3.63) is 71.3 Å². The van der Waals surface area contributed by atoms with Gasteiger partial charge in [0, 0.05) is 17.0 Å². The number of methoxy groups -OCH3 is 5. The zero-order valence-corrected chi connectivity index (χ0v) is 21.7. The van der Waals surface area contributed by atoms with Crippen molar-refractivity contribution < 1.29 is 23.7 Å². The van der Waals surface area contributed by atoms with Crippen LogP contribution >= 0.6 is 11.8 Å². The van der Waals surface area contributed by atoms with E-state index in [2.05, 4.69) is 41.7 Å². The van der Waals surface area contributed by atoms with Crippen LogP contribution in [0.1, 0.15) is 40.0 Å². The topological polar surface area (TPSA) is 58.2 Å². The van der Waals surface area contributed by atoms with Crippen LogP contribution in [0.4, 0.5) is 5.69 Å². The molecule has 0 saturated carbocycles. The third-order valence-electron chi connectivity index (χ3n) is 6.28. The van der Waals surface area contributed by atoms with E-state index in [1.165, 1.54) is 16.7 Å². The highest BCUT2D eigenvalue weighted by atomic mass is 32.2. The Morgan fingerprint density at radius 1 is 0.686 bits per heavy atom. The van der Waals surface area contributed by atoms with Crippen molar-refractivity contribution in [2.45, 2.75) is 29.9 Å². The molecule has 35 heavy (non-hydrogen) atoms. The van der Waals surface area contributed by atoms with Crippen molar-refractivity contribution in [3.8, 4) is 28.7 Å². The van der Waals surface area contributed by atoms with Gasteiger partial charge < -0.3 is 29.0 Å². The Morgan fingerprint density at radius 2 is 1.20 bits per heavy atom.